The van der Waals surface area contributed by atoms with E-state index in [9.17, 15) is 4.79 Å². The molecule has 1 aromatic carbocycles. The molecule has 0 aromatic heterocycles. The molecule has 0 saturated carbocycles. The van der Waals surface area contributed by atoms with Crippen molar-refractivity contribution in [2.75, 3.05) is 13.1 Å². The molecule has 0 radical (unpaired) electrons. The van der Waals surface area contributed by atoms with Crippen LogP contribution in [0.3, 0.4) is 0 Å². The lowest BCUT2D eigenvalue weighted by molar-refractivity contribution is -0.131. The van der Waals surface area contributed by atoms with Gasteiger partial charge in [-0.15, -0.1) is 0 Å². The van der Waals surface area contributed by atoms with Gasteiger partial charge in [0.15, 0.2) is 0 Å². The van der Waals surface area contributed by atoms with E-state index in [0.717, 1.165) is 19.4 Å². The van der Waals surface area contributed by atoms with E-state index in [1.165, 1.54) is 11.1 Å². The SMILES string of the molecule is CC[C@H]1[C@@H](c2ccc(C)cc2)CCN1C(=O)CCN. The largest absolute Gasteiger partial charge is 0.339 e. The van der Waals surface area contributed by atoms with Crippen LogP contribution in [0.1, 0.15) is 43.2 Å². The number of hydrogen-bond donors (Lipinski definition) is 1. The Bertz CT molecular complexity index is 427. The molecule has 1 aliphatic rings. The quantitative estimate of drug-likeness (QED) is 0.904. The molecule has 1 amide bonds. The second kappa shape index (κ2) is 6.20. The van der Waals surface area contributed by atoms with Gasteiger partial charge in [0.05, 0.1) is 0 Å². The lowest BCUT2D eigenvalue weighted by Gasteiger charge is -2.27. The minimum Gasteiger partial charge on any atom is -0.339 e. The van der Waals surface area contributed by atoms with Crippen molar-refractivity contribution in [2.45, 2.75) is 45.1 Å². The summed E-state index contributed by atoms with van der Waals surface area (Å²) in [6.45, 7) is 5.59. The van der Waals surface area contributed by atoms with Crippen LogP contribution < -0.4 is 5.73 Å². The summed E-state index contributed by atoms with van der Waals surface area (Å²) in [5.41, 5.74) is 8.14. The summed E-state index contributed by atoms with van der Waals surface area (Å²) in [5.74, 6) is 0.691. The van der Waals surface area contributed by atoms with Crippen molar-refractivity contribution in [3.63, 3.8) is 0 Å². The number of amides is 1. The van der Waals surface area contributed by atoms with Gasteiger partial charge in [0.25, 0.3) is 0 Å². The third kappa shape index (κ3) is 2.98. The Balaban J connectivity index is 2.15. The summed E-state index contributed by atoms with van der Waals surface area (Å²) in [4.78, 5) is 14.1. The smallest absolute Gasteiger partial charge is 0.224 e. The van der Waals surface area contributed by atoms with Crippen molar-refractivity contribution in [3.8, 4) is 0 Å². The molecule has 2 rings (SSSR count). The molecule has 2 atom stereocenters. The number of nitrogens with two attached hydrogens (primary N) is 1. The molecule has 2 N–H and O–H groups in total. The number of aryl methyl sites for hydroxylation is 1. The van der Waals surface area contributed by atoms with Gasteiger partial charge in [-0.1, -0.05) is 36.8 Å². The lowest BCUT2D eigenvalue weighted by atomic mass is 9.90. The van der Waals surface area contributed by atoms with Crippen LogP contribution in [0.15, 0.2) is 24.3 Å². The second-order valence-corrected chi connectivity index (χ2v) is 5.41. The lowest BCUT2D eigenvalue weighted by Crippen LogP contribution is -2.37. The molecule has 0 unspecified atom stereocenters. The van der Waals surface area contributed by atoms with E-state index < -0.39 is 0 Å². The van der Waals surface area contributed by atoms with Crippen LogP contribution in [0.2, 0.25) is 0 Å². The van der Waals surface area contributed by atoms with Crippen LogP contribution in [0, 0.1) is 6.92 Å². The van der Waals surface area contributed by atoms with Crippen LogP contribution in [0.5, 0.6) is 0 Å². The summed E-state index contributed by atoms with van der Waals surface area (Å²) in [6, 6.07) is 9.07. The highest BCUT2D eigenvalue weighted by molar-refractivity contribution is 5.77. The Labute approximate surface area is 115 Å². The maximum atomic E-state index is 12.1. The predicted molar refractivity (Wildman–Crippen MR) is 78.0 cm³/mol. The Morgan fingerprint density at radius 3 is 2.63 bits per heavy atom. The molecule has 3 heteroatoms. The van der Waals surface area contributed by atoms with E-state index in [-0.39, 0.29) is 5.91 Å². The predicted octanol–water partition coefficient (Wildman–Crippen LogP) is 2.44. The standard InChI is InChI=1S/C16H24N2O/c1-3-15-14(13-6-4-12(2)5-7-13)9-11-18(15)16(19)8-10-17/h4-7,14-15H,3,8-11,17H2,1-2H3/t14-,15+/m1/s1. The first-order valence-electron chi connectivity index (χ1n) is 7.23. The molecule has 0 spiro atoms. The molecular formula is C16H24N2O. The summed E-state index contributed by atoms with van der Waals surface area (Å²) >= 11 is 0. The van der Waals surface area contributed by atoms with E-state index in [0.29, 0.717) is 24.9 Å². The van der Waals surface area contributed by atoms with Gasteiger partial charge in [0, 0.05) is 31.5 Å². The van der Waals surface area contributed by atoms with Gasteiger partial charge in [0.2, 0.25) is 5.91 Å². The van der Waals surface area contributed by atoms with Crippen LogP contribution in [-0.4, -0.2) is 29.9 Å². The minimum atomic E-state index is 0.212. The van der Waals surface area contributed by atoms with Crippen LogP contribution in [0.25, 0.3) is 0 Å². The van der Waals surface area contributed by atoms with Gasteiger partial charge in [-0.25, -0.2) is 0 Å². The van der Waals surface area contributed by atoms with Gasteiger partial charge in [-0.3, -0.25) is 4.79 Å². The molecule has 0 aliphatic carbocycles. The fourth-order valence-corrected chi connectivity index (χ4v) is 3.14. The first kappa shape index (κ1) is 14.1. The Kier molecular flexibility index (Phi) is 4.59. The van der Waals surface area contributed by atoms with Crippen molar-refractivity contribution in [1.29, 1.82) is 0 Å². The molecule has 1 saturated heterocycles. The normalized spacial score (nSPS) is 22.8. The number of nitrogens with zero attached hydrogens (tertiary/aromatic N) is 1. The third-order valence-corrected chi connectivity index (χ3v) is 4.15. The zero-order chi connectivity index (χ0) is 13.8. The zero-order valence-electron chi connectivity index (χ0n) is 11.9. The summed E-state index contributed by atoms with van der Waals surface area (Å²) in [6.07, 6.45) is 2.55. The zero-order valence-corrected chi connectivity index (χ0v) is 11.9. The maximum absolute atomic E-state index is 12.1. The number of benzene rings is 1. The van der Waals surface area contributed by atoms with Gasteiger partial charge in [-0.2, -0.15) is 0 Å². The van der Waals surface area contributed by atoms with Crippen LogP contribution in [0.4, 0.5) is 0 Å². The molecule has 19 heavy (non-hydrogen) atoms. The van der Waals surface area contributed by atoms with Crippen molar-refractivity contribution in [2.24, 2.45) is 5.73 Å². The Morgan fingerprint density at radius 2 is 2.05 bits per heavy atom. The molecular weight excluding hydrogens is 236 g/mol. The van der Waals surface area contributed by atoms with Crippen LogP contribution >= 0.6 is 0 Å². The van der Waals surface area contributed by atoms with E-state index in [4.69, 9.17) is 5.73 Å². The number of rotatable bonds is 4. The van der Waals surface area contributed by atoms with Crippen LogP contribution in [-0.2, 0) is 4.79 Å². The summed E-state index contributed by atoms with van der Waals surface area (Å²) in [5, 5.41) is 0. The van der Waals surface area contributed by atoms with Crippen molar-refractivity contribution in [1.82, 2.24) is 4.90 Å². The number of hydrogen-bond acceptors (Lipinski definition) is 2. The molecule has 3 nitrogen and oxygen atoms in total. The third-order valence-electron chi connectivity index (χ3n) is 4.15. The van der Waals surface area contributed by atoms with Gasteiger partial charge >= 0.3 is 0 Å². The van der Waals surface area contributed by atoms with Gasteiger partial charge in [0.1, 0.15) is 0 Å². The van der Waals surface area contributed by atoms with E-state index in [2.05, 4.69) is 38.1 Å². The average Bonchev–Trinajstić information content (AvgIpc) is 2.83. The highest BCUT2D eigenvalue weighted by Gasteiger charge is 2.35. The number of likely N-dealkylation sites (tertiary alicyclic amines) is 1. The molecule has 1 heterocycles. The van der Waals surface area contributed by atoms with E-state index in [1.807, 2.05) is 4.90 Å². The fraction of sp³-hybridized carbons (Fsp3) is 0.562. The number of carbonyl (C=O) groups excluding carboxylic acids is 1. The average molecular weight is 260 g/mol. The van der Waals surface area contributed by atoms with E-state index in [1.54, 1.807) is 0 Å². The summed E-state index contributed by atoms with van der Waals surface area (Å²) in [7, 11) is 0. The summed E-state index contributed by atoms with van der Waals surface area (Å²) < 4.78 is 0. The highest BCUT2D eigenvalue weighted by Crippen LogP contribution is 2.35. The molecule has 104 valence electrons. The first-order chi connectivity index (χ1) is 9.17. The first-order valence-corrected chi connectivity index (χ1v) is 7.23. The second-order valence-electron chi connectivity index (χ2n) is 5.41. The number of carbonyl (C=O) groups is 1. The van der Waals surface area contributed by atoms with Gasteiger partial charge in [-0.05, 0) is 25.3 Å². The van der Waals surface area contributed by atoms with Gasteiger partial charge < -0.3 is 10.6 Å². The van der Waals surface area contributed by atoms with Crippen molar-refractivity contribution >= 4 is 5.91 Å². The molecule has 1 aliphatic heterocycles. The monoisotopic (exact) mass is 260 g/mol. The fourth-order valence-electron chi connectivity index (χ4n) is 3.14. The molecule has 1 fully saturated rings. The maximum Gasteiger partial charge on any atom is 0.224 e. The molecule has 1 aromatic rings. The Hall–Kier alpha value is -1.35. The van der Waals surface area contributed by atoms with Crippen molar-refractivity contribution < 1.29 is 4.79 Å². The minimum absolute atomic E-state index is 0.212. The highest BCUT2D eigenvalue weighted by atomic mass is 16.2. The van der Waals surface area contributed by atoms with Crippen molar-refractivity contribution in [3.05, 3.63) is 35.4 Å². The Morgan fingerprint density at radius 1 is 1.37 bits per heavy atom. The van der Waals surface area contributed by atoms with E-state index >= 15 is 0 Å². The molecule has 0 bridgehead atoms. The topological polar surface area (TPSA) is 46.3 Å².